The summed E-state index contributed by atoms with van der Waals surface area (Å²) >= 11 is 0. The van der Waals surface area contributed by atoms with E-state index >= 15 is 4.39 Å². The molecule has 0 aliphatic rings. The second kappa shape index (κ2) is 12.0. The maximum absolute atomic E-state index is 15.2. The van der Waals surface area contributed by atoms with Crippen LogP contribution in [0.5, 0.6) is 5.75 Å². The summed E-state index contributed by atoms with van der Waals surface area (Å²) in [6.07, 6.45) is 5.15. The van der Waals surface area contributed by atoms with Crippen LogP contribution in [-0.4, -0.2) is 59.5 Å². The largest absolute Gasteiger partial charge is 0.489 e. The molecule has 5 N–H and O–H groups in total. The minimum absolute atomic E-state index is 0.143. The first-order valence-electron chi connectivity index (χ1n) is 11.1. The second-order valence-electron chi connectivity index (χ2n) is 7.90. The van der Waals surface area contributed by atoms with Crippen molar-refractivity contribution in [3.8, 4) is 5.75 Å². The maximum atomic E-state index is 15.2. The lowest BCUT2D eigenvalue weighted by atomic mass is 10.0. The molecule has 0 aliphatic heterocycles. The van der Waals surface area contributed by atoms with E-state index in [4.69, 9.17) is 10.5 Å². The third-order valence-corrected chi connectivity index (χ3v) is 5.71. The molecule has 1 heterocycles. The zero-order chi connectivity index (χ0) is 26.2. The molecule has 0 fully saturated rings. The third kappa shape index (κ3) is 5.40. The number of allylic oxidation sites excluding steroid dienone is 1. The van der Waals surface area contributed by atoms with Gasteiger partial charge >= 0.3 is 0 Å². The first-order valence-corrected chi connectivity index (χ1v) is 11.1. The average molecular weight is 493 g/mol. The zero-order valence-electron chi connectivity index (χ0n) is 20.1. The van der Waals surface area contributed by atoms with Gasteiger partial charge in [0, 0.05) is 36.5 Å². The number of hydrogen-bond donors (Lipinski definition) is 4. The number of benzene rings is 2. The number of nitrogens with two attached hydrogens (primary N) is 1. The van der Waals surface area contributed by atoms with Crippen molar-refractivity contribution in [1.29, 1.82) is 0 Å². The number of ether oxygens (including phenoxy) is 1. The number of hydrogen-bond acceptors (Lipinski definition) is 9. The molecule has 0 saturated heterocycles. The van der Waals surface area contributed by atoms with Gasteiger partial charge in [-0.05, 0) is 43.5 Å². The second-order valence-corrected chi connectivity index (χ2v) is 7.90. The molecule has 3 rings (SSSR count). The summed E-state index contributed by atoms with van der Waals surface area (Å²) in [4.78, 5) is 16.6. The Morgan fingerprint density at radius 2 is 2.03 bits per heavy atom. The number of anilines is 2. The van der Waals surface area contributed by atoms with E-state index in [2.05, 4.69) is 38.6 Å². The van der Waals surface area contributed by atoms with Crippen molar-refractivity contribution in [3.63, 3.8) is 0 Å². The monoisotopic (exact) mass is 492 g/mol. The highest BCUT2D eigenvalue weighted by Gasteiger charge is 2.22. The molecule has 1 unspecified atom stereocenters. The summed E-state index contributed by atoms with van der Waals surface area (Å²) in [5.41, 5.74) is 8.31. The number of aliphatic imine (C=N–C) groups is 2. The van der Waals surface area contributed by atoms with Crippen LogP contribution in [0.1, 0.15) is 18.1 Å². The molecule has 0 saturated carbocycles. The first kappa shape index (κ1) is 26.5. The standard InChI is InChI=1S/C26H29FN6O3/c1-5-19-20(30-4)6-7-21(25(19)27)33-26-24-22(31-14-32-26)8-16(17(10-28)11-29-3)9-23(24)36-15(2)18(12-34)13-35/h5-11,14-15,18,34-35H,1,4,12-13,28H2,2-3H3,(H,31,32,33)/b17-10+,29-11?. The van der Waals surface area contributed by atoms with Crippen LogP contribution in [0, 0.1) is 11.7 Å². The van der Waals surface area contributed by atoms with E-state index in [9.17, 15) is 10.2 Å². The molecule has 0 radical (unpaired) electrons. The Hall–Kier alpha value is -4.15. The molecule has 10 heteroatoms. The maximum Gasteiger partial charge on any atom is 0.156 e. The lowest BCUT2D eigenvalue weighted by Crippen LogP contribution is -2.29. The minimum atomic E-state index is -0.571. The highest BCUT2D eigenvalue weighted by molar-refractivity contribution is 6.11. The van der Waals surface area contributed by atoms with E-state index in [0.717, 1.165) is 0 Å². The van der Waals surface area contributed by atoms with Gasteiger partial charge in [-0.2, -0.15) is 0 Å². The van der Waals surface area contributed by atoms with Crippen molar-refractivity contribution in [3.05, 3.63) is 60.3 Å². The molecule has 0 aliphatic carbocycles. The minimum Gasteiger partial charge on any atom is -0.489 e. The number of aliphatic hydroxyl groups excluding tert-OH is 2. The number of rotatable bonds is 11. The fourth-order valence-electron chi connectivity index (χ4n) is 3.65. The van der Waals surface area contributed by atoms with Gasteiger partial charge in [0.05, 0.1) is 35.5 Å². The normalized spacial score (nSPS) is 12.8. The number of fused-ring (bicyclic) bond motifs is 1. The predicted octanol–water partition coefficient (Wildman–Crippen LogP) is 3.86. The Morgan fingerprint density at radius 1 is 1.28 bits per heavy atom. The van der Waals surface area contributed by atoms with E-state index in [1.807, 2.05) is 0 Å². The summed E-state index contributed by atoms with van der Waals surface area (Å²) in [5.74, 6) is -0.461. The van der Waals surface area contributed by atoms with E-state index in [-0.39, 0.29) is 30.3 Å². The van der Waals surface area contributed by atoms with E-state index in [0.29, 0.717) is 33.5 Å². The van der Waals surface area contributed by atoms with Crippen LogP contribution in [0.3, 0.4) is 0 Å². The molecule has 188 valence electrons. The Kier molecular flexibility index (Phi) is 8.82. The number of nitrogens with zero attached hydrogens (tertiary/aromatic N) is 4. The van der Waals surface area contributed by atoms with Crippen molar-refractivity contribution in [2.75, 3.05) is 25.6 Å². The molecule has 9 nitrogen and oxygen atoms in total. The lowest BCUT2D eigenvalue weighted by molar-refractivity contribution is 0.0580. The molecule has 0 spiro atoms. The first-order chi connectivity index (χ1) is 17.4. The molecule has 3 aromatic rings. The van der Waals surface area contributed by atoms with Crippen LogP contribution in [0.2, 0.25) is 0 Å². The molecule has 0 bridgehead atoms. The van der Waals surface area contributed by atoms with Crippen LogP contribution in [0.25, 0.3) is 22.6 Å². The van der Waals surface area contributed by atoms with Gasteiger partial charge in [-0.15, -0.1) is 0 Å². The SMILES string of the molecule is C=Cc1c(N=C)ccc(Nc2ncnc3cc(/C(C=NC)=C/N)cc(OC(C)C(CO)CO)c23)c1F. The topological polar surface area (TPSA) is 138 Å². The van der Waals surface area contributed by atoms with Crippen LogP contribution in [-0.2, 0) is 0 Å². The van der Waals surface area contributed by atoms with Gasteiger partial charge in [0.15, 0.2) is 5.82 Å². The van der Waals surface area contributed by atoms with Crippen LogP contribution >= 0.6 is 0 Å². The number of nitrogens with one attached hydrogen (secondary N) is 1. The van der Waals surface area contributed by atoms with Gasteiger partial charge in [-0.1, -0.05) is 12.7 Å². The molecule has 1 atom stereocenters. The van der Waals surface area contributed by atoms with Gasteiger partial charge in [0.2, 0.25) is 0 Å². The van der Waals surface area contributed by atoms with Crippen LogP contribution < -0.4 is 15.8 Å². The number of aliphatic hydroxyl groups is 2. The van der Waals surface area contributed by atoms with Gasteiger partial charge in [-0.25, -0.2) is 14.4 Å². The van der Waals surface area contributed by atoms with Crippen LogP contribution in [0.4, 0.5) is 21.6 Å². The number of halogens is 1. The third-order valence-electron chi connectivity index (χ3n) is 5.71. The summed E-state index contributed by atoms with van der Waals surface area (Å²) in [6, 6.07) is 6.66. The smallest absolute Gasteiger partial charge is 0.156 e. The Labute approximate surface area is 208 Å². The molecule has 0 amide bonds. The predicted molar refractivity (Wildman–Crippen MR) is 143 cm³/mol. The molecular weight excluding hydrogens is 463 g/mol. The highest BCUT2D eigenvalue weighted by Crippen LogP contribution is 2.37. The summed E-state index contributed by atoms with van der Waals surface area (Å²) < 4.78 is 21.4. The van der Waals surface area contributed by atoms with Crippen molar-refractivity contribution in [2.45, 2.75) is 13.0 Å². The Morgan fingerprint density at radius 3 is 2.64 bits per heavy atom. The Balaban J connectivity index is 2.22. The van der Waals surface area contributed by atoms with Crippen molar-refractivity contribution in [1.82, 2.24) is 9.97 Å². The average Bonchev–Trinajstić information content (AvgIpc) is 2.88. The van der Waals surface area contributed by atoms with Crippen molar-refractivity contribution in [2.24, 2.45) is 21.6 Å². The van der Waals surface area contributed by atoms with E-state index in [1.54, 1.807) is 38.4 Å². The molecule has 1 aromatic heterocycles. The van der Waals surface area contributed by atoms with E-state index in [1.165, 1.54) is 24.7 Å². The van der Waals surface area contributed by atoms with Crippen molar-refractivity contribution < 1.29 is 19.3 Å². The van der Waals surface area contributed by atoms with Crippen LogP contribution in [0.15, 0.2) is 53.4 Å². The molecule has 36 heavy (non-hydrogen) atoms. The van der Waals surface area contributed by atoms with Gasteiger partial charge < -0.3 is 26.0 Å². The fraction of sp³-hybridized carbons (Fsp3) is 0.231. The van der Waals surface area contributed by atoms with E-state index < -0.39 is 17.8 Å². The zero-order valence-corrected chi connectivity index (χ0v) is 20.1. The van der Waals surface area contributed by atoms with Gasteiger partial charge in [0.1, 0.15) is 24.0 Å². The lowest BCUT2D eigenvalue weighted by Gasteiger charge is -2.23. The quantitative estimate of drug-likeness (QED) is 0.298. The number of aromatic nitrogens is 2. The van der Waals surface area contributed by atoms with Gasteiger partial charge in [-0.3, -0.25) is 9.98 Å². The highest BCUT2D eigenvalue weighted by atomic mass is 19.1. The van der Waals surface area contributed by atoms with Crippen molar-refractivity contribution >= 4 is 52.7 Å². The molecular formula is C26H29FN6O3. The molecule has 2 aromatic carbocycles. The van der Waals surface area contributed by atoms with Gasteiger partial charge in [0.25, 0.3) is 0 Å². The summed E-state index contributed by atoms with van der Waals surface area (Å²) in [7, 11) is 1.63. The summed E-state index contributed by atoms with van der Waals surface area (Å²) in [5, 5.41) is 22.7. The fourth-order valence-corrected chi connectivity index (χ4v) is 3.65. The summed E-state index contributed by atoms with van der Waals surface area (Å²) in [6.45, 7) is 8.31. The Bertz CT molecular complexity index is 1320.